The Balaban J connectivity index is 1.66. The average molecular weight is 367 g/mol. The molecule has 2 aliphatic rings. The van der Waals surface area contributed by atoms with E-state index in [1.807, 2.05) is 0 Å². The summed E-state index contributed by atoms with van der Waals surface area (Å²) in [5.74, 6) is 2.02. The number of methoxy groups -OCH3 is 2. The zero-order valence-corrected chi connectivity index (χ0v) is 16.8. The van der Waals surface area contributed by atoms with Crippen LogP contribution in [0.25, 0.3) is 0 Å². The summed E-state index contributed by atoms with van der Waals surface area (Å²) in [4.78, 5) is 2.62. The summed E-state index contributed by atoms with van der Waals surface area (Å²) in [5.41, 5.74) is 13.5. The van der Waals surface area contributed by atoms with E-state index in [0.717, 1.165) is 37.4 Å². The maximum Gasteiger partial charge on any atom is 0.161 e. The third-order valence-electron chi connectivity index (χ3n) is 6.39. The zero-order chi connectivity index (χ0) is 19.1. The lowest BCUT2D eigenvalue weighted by atomic mass is 9.77. The molecule has 0 saturated carbocycles. The van der Waals surface area contributed by atoms with Crippen LogP contribution < -0.4 is 15.2 Å². The molecule has 0 radical (unpaired) electrons. The molecule has 2 N–H and O–H groups in total. The molecule has 27 heavy (non-hydrogen) atoms. The SMILES string of the molecule is COc1cc2c(cc1OC)[C@@H]1C[C@@H](N)[C@@H](c3cc(C)ccc3C)CN1CC2. The van der Waals surface area contributed by atoms with E-state index in [1.165, 1.54) is 27.8 Å². The molecule has 4 heteroatoms. The number of piperidine rings is 1. The Morgan fingerprint density at radius 3 is 2.48 bits per heavy atom. The number of aryl methyl sites for hydroxylation is 2. The molecule has 0 spiro atoms. The van der Waals surface area contributed by atoms with Crippen molar-refractivity contribution in [2.24, 2.45) is 5.73 Å². The summed E-state index contributed by atoms with van der Waals surface area (Å²) in [7, 11) is 3.40. The molecule has 1 fully saturated rings. The third kappa shape index (κ3) is 3.21. The average Bonchev–Trinajstić information content (AvgIpc) is 2.68. The van der Waals surface area contributed by atoms with E-state index in [4.69, 9.17) is 15.2 Å². The fourth-order valence-electron chi connectivity index (χ4n) is 4.87. The summed E-state index contributed by atoms with van der Waals surface area (Å²) < 4.78 is 11.0. The molecule has 4 nitrogen and oxygen atoms in total. The number of benzene rings is 2. The van der Waals surface area contributed by atoms with Gasteiger partial charge in [0, 0.05) is 31.1 Å². The highest BCUT2D eigenvalue weighted by Crippen LogP contribution is 2.44. The monoisotopic (exact) mass is 366 g/mol. The third-order valence-corrected chi connectivity index (χ3v) is 6.39. The van der Waals surface area contributed by atoms with Crippen LogP contribution in [0.4, 0.5) is 0 Å². The molecule has 2 aromatic rings. The second kappa shape index (κ2) is 7.17. The minimum Gasteiger partial charge on any atom is -0.493 e. The molecule has 1 saturated heterocycles. The van der Waals surface area contributed by atoms with Crippen LogP contribution in [-0.4, -0.2) is 38.3 Å². The van der Waals surface area contributed by atoms with E-state index in [0.29, 0.717) is 12.0 Å². The Morgan fingerprint density at radius 1 is 1.00 bits per heavy atom. The van der Waals surface area contributed by atoms with Crippen molar-refractivity contribution >= 4 is 0 Å². The Kier molecular flexibility index (Phi) is 4.87. The minimum atomic E-state index is 0.158. The van der Waals surface area contributed by atoms with Gasteiger partial charge in [0.2, 0.25) is 0 Å². The smallest absolute Gasteiger partial charge is 0.161 e. The van der Waals surface area contributed by atoms with Crippen LogP contribution in [0.5, 0.6) is 11.5 Å². The number of fused-ring (bicyclic) bond motifs is 3. The van der Waals surface area contributed by atoms with Gasteiger partial charge >= 0.3 is 0 Å². The van der Waals surface area contributed by atoms with Crippen LogP contribution in [-0.2, 0) is 6.42 Å². The van der Waals surface area contributed by atoms with Gasteiger partial charge in [-0.05, 0) is 61.1 Å². The van der Waals surface area contributed by atoms with Crippen molar-refractivity contribution in [2.45, 2.75) is 44.7 Å². The summed E-state index contributed by atoms with van der Waals surface area (Å²) in [5, 5.41) is 0. The van der Waals surface area contributed by atoms with Crippen LogP contribution in [0.2, 0.25) is 0 Å². The van der Waals surface area contributed by atoms with Gasteiger partial charge in [-0.2, -0.15) is 0 Å². The highest BCUT2D eigenvalue weighted by molar-refractivity contribution is 5.50. The Morgan fingerprint density at radius 2 is 1.74 bits per heavy atom. The summed E-state index contributed by atoms with van der Waals surface area (Å²) in [6.07, 6.45) is 2.02. The van der Waals surface area contributed by atoms with E-state index in [1.54, 1.807) is 14.2 Å². The standard InChI is InChI=1S/C23H30N2O2/c1-14-5-6-15(2)17(9-14)19-13-25-8-7-16-10-22(26-3)23(27-4)11-18(16)21(25)12-20(19)24/h5-6,9-11,19-21H,7-8,12-13,24H2,1-4H3/t19-,20-,21+/m1/s1. The molecular formula is C23H30N2O2. The van der Waals surface area contributed by atoms with Gasteiger partial charge < -0.3 is 15.2 Å². The van der Waals surface area contributed by atoms with Gasteiger partial charge in [-0.25, -0.2) is 0 Å². The molecular weight excluding hydrogens is 336 g/mol. The summed E-state index contributed by atoms with van der Waals surface area (Å²) in [6.45, 7) is 6.46. The van der Waals surface area contributed by atoms with E-state index >= 15 is 0 Å². The molecule has 4 rings (SSSR count). The van der Waals surface area contributed by atoms with Crippen LogP contribution >= 0.6 is 0 Å². The van der Waals surface area contributed by atoms with Gasteiger partial charge in [-0.3, -0.25) is 4.90 Å². The molecule has 0 unspecified atom stereocenters. The van der Waals surface area contributed by atoms with Crippen molar-refractivity contribution < 1.29 is 9.47 Å². The maximum atomic E-state index is 6.74. The van der Waals surface area contributed by atoms with Crippen molar-refractivity contribution in [3.05, 3.63) is 58.1 Å². The Labute approximate surface area is 162 Å². The number of nitrogens with zero attached hydrogens (tertiary/aromatic N) is 1. The van der Waals surface area contributed by atoms with Crippen LogP contribution in [0.3, 0.4) is 0 Å². The number of hydrogen-bond donors (Lipinski definition) is 1. The highest BCUT2D eigenvalue weighted by atomic mass is 16.5. The zero-order valence-electron chi connectivity index (χ0n) is 16.8. The van der Waals surface area contributed by atoms with Gasteiger partial charge in [0.15, 0.2) is 11.5 Å². The van der Waals surface area contributed by atoms with Gasteiger partial charge in [0.1, 0.15) is 0 Å². The van der Waals surface area contributed by atoms with E-state index < -0.39 is 0 Å². The summed E-state index contributed by atoms with van der Waals surface area (Å²) >= 11 is 0. The van der Waals surface area contributed by atoms with E-state index in [9.17, 15) is 0 Å². The molecule has 0 bridgehead atoms. The first kappa shape index (κ1) is 18.3. The van der Waals surface area contributed by atoms with Gasteiger partial charge in [-0.1, -0.05) is 23.8 Å². The van der Waals surface area contributed by atoms with Crippen LogP contribution in [0.15, 0.2) is 30.3 Å². The molecule has 144 valence electrons. The number of nitrogens with two attached hydrogens (primary N) is 1. The quantitative estimate of drug-likeness (QED) is 0.899. The maximum absolute atomic E-state index is 6.74. The molecule has 2 aromatic carbocycles. The van der Waals surface area contributed by atoms with Gasteiger partial charge in [-0.15, -0.1) is 0 Å². The molecule has 0 aromatic heterocycles. The fourth-order valence-corrected chi connectivity index (χ4v) is 4.87. The van der Waals surface area contributed by atoms with Crippen molar-refractivity contribution in [3.8, 4) is 11.5 Å². The first-order chi connectivity index (χ1) is 13.0. The number of hydrogen-bond acceptors (Lipinski definition) is 4. The van der Waals surface area contributed by atoms with Crippen LogP contribution in [0, 0.1) is 13.8 Å². The Hall–Kier alpha value is -2.04. The lowest BCUT2D eigenvalue weighted by Crippen LogP contribution is -2.49. The predicted molar refractivity (Wildman–Crippen MR) is 109 cm³/mol. The summed E-state index contributed by atoms with van der Waals surface area (Å²) in [6, 6.07) is 11.6. The van der Waals surface area contributed by atoms with Crippen molar-refractivity contribution in [2.75, 3.05) is 27.3 Å². The topological polar surface area (TPSA) is 47.7 Å². The molecule has 0 amide bonds. The minimum absolute atomic E-state index is 0.158. The first-order valence-corrected chi connectivity index (χ1v) is 9.83. The van der Waals surface area contributed by atoms with Gasteiger partial charge in [0.05, 0.1) is 14.2 Å². The lowest BCUT2D eigenvalue weighted by Gasteiger charge is -2.46. The van der Waals surface area contributed by atoms with E-state index in [-0.39, 0.29) is 6.04 Å². The molecule has 2 aliphatic heterocycles. The second-order valence-electron chi connectivity index (χ2n) is 8.03. The number of ether oxygens (including phenoxy) is 2. The normalized spacial score (nSPS) is 24.9. The highest BCUT2D eigenvalue weighted by Gasteiger charge is 2.39. The van der Waals surface area contributed by atoms with Crippen molar-refractivity contribution in [1.29, 1.82) is 0 Å². The molecule has 0 aliphatic carbocycles. The largest absolute Gasteiger partial charge is 0.493 e. The molecule has 3 atom stereocenters. The first-order valence-electron chi connectivity index (χ1n) is 9.83. The van der Waals surface area contributed by atoms with Crippen molar-refractivity contribution in [1.82, 2.24) is 4.90 Å². The Bertz CT molecular complexity index is 849. The second-order valence-corrected chi connectivity index (χ2v) is 8.03. The predicted octanol–water partition coefficient (Wildman–Crippen LogP) is 3.73. The lowest BCUT2D eigenvalue weighted by molar-refractivity contribution is 0.109. The number of rotatable bonds is 3. The molecule has 2 heterocycles. The fraction of sp³-hybridized carbons (Fsp3) is 0.478. The van der Waals surface area contributed by atoms with E-state index in [2.05, 4.69) is 49.1 Å². The van der Waals surface area contributed by atoms with Crippen molar-refractivity contribution in [3.63, 3.8) is 0 Å². The van der Waals surface area contributed by atoms with Gasteiger partial charge in [0.25, 0.3) is 0 Å². The van der Waals surface area contributed by atoms with Crippen LogP contribution in [0.1, 0.15) is 46.2 Å².